The number of hydrogen-bond acceptors (Lipinski definition) is 4. The van der Waals surface area contributed by atoms with Gasteiger partial charge in [-0.15, -0.1) is 10.2 Å². The lowest BCUT2D eigenvalue weighted by Crippen LogP contribution is -2.26. The van der Waals surface area contributed by atoms with Gasteiger partial charge in [-0.2, -0.15) is 0 Å². The largest absolute Gasteiger partial charge is 0.419 e. The molecule has 1 aromatic heterocycles. The summed E-state index contributed by atoms with van der Waals surface area (Å²) in [5, 5.41) is 8.82. The van der Waals surface area contributed by atoms with E-state index in [2.05, 4.69) is 10.2 Å². The molecule has 25 heavy (non-hydrogen) atoms. The van der Waals surface area contributed by atoms with Crippen LogP contribution in [0.2, 0.25) is 10.0 Å². The number of halogens is 2. The zero-order valence-corrected chi connectivity index (χ0v) is 15.2. The first-order valence-electron chi connectivity index (χ1n) is 7.54. The van der Waals surface area contributed by atoms with Crippen molar-refractivity contribution in [1.29, 1.82) is 0 Å². The van der Waals surface area contributed by atoms with Crippen LogP contribution in [0.1, 0.15) is 21.8 Å². The highest BCUT2D eigenvalue weighted by molar-refractivity contribution is 6.35. The Morgan fingerprint density at radius 2 is 1.84 bits per heavy atom. The monoisotopic (exact) mass is 375 g/mol. The Kier molecular flexibility index (Phi) is 5.06. The fourth-order valence-corrected chi connectivity index (χ4v) is 2.64. The van der Waals surface area contributed by atoms with E-state index in [0.717, 1.165) is 11.1 Å². The average molecular weight is 376 g/mol. The van der Waals surface area contributed by atoms with E-state index in [9.17, 15) is 4.79 Å². The van der Waals surface area contributed by atoms with E-state index >= 15 is 0 Å². The number of aromatic nitrogens is 2. The highest BCUT2D eigenvalue weighted by atomic mass is 35.5. The van der Waals surface area contributed by atoms with Gasteiger partial charge in [0.2, 0.25) is 11.8 Å². The third-order valence-electron chi connectivity index (χ3n) is 3.64. The van der Waals surface area contributed by atoms with Gasteiger partial charge in [0.15, 0.2) is 0 Å². The molecule has 1 heterocycles. The number of amides is 1. The third-order valence-corrected chi connectivity index (χ3v) is 4.21. The Morgan fingerprint density at radius 1 is 1.12 bits per heavy atom. The zero-order chi connectivity index (χ0) is 18.0. The molecule has 1 amide bonds. The van der Waals surface area contributed by atoms with Crippen LogP contribution in [0.25, 0.3) is 11.5 Å². The predicted octanol–water partition coefficient (Wildman–Crippen LogP) is 4.62. The van der Waals surface area contributed by atoms with E-state index in [1.54, 1.807) is 19.2 Å². The molecule has 7 heteroatoms. The van der Waals surface area contributed by atoms with Gasteiger partial charge in [-0.1, -0.05) is 40.9 Å². The van der Waals surface area contributed by atoms with Crippen molar-refractivity contribution in [3.63, 3.8) is 0 Å². The Hall–Kier alpha value is -2.37. The Morgan fingerprint density at radius 3 is 2.56 bits per heavy atom. The maximum absolute atomic E-state index is 12.5. The topological polar surface area (TPSA) is 59.2 Å². The molecule has 3 aromatic rings. The fraction of sp³-hybridized carbons (Fsp3) is 0.167. The third kappa shape index (κ3) is 4.00. The van der Waals surface area contributed by atoms with Crippen molar-refractivity contribution in [2.75, 3.05) is 7.05 Å². The van der Waals surface area contributed by atoms with Gasteiger partial charge in [0.1, 0.15) is 0 Å². The normalized spacial score (nSPS) is 10.7. The zero-order valence-electron chi connectivity index (χ0n) is 13.7. The average Bonchev–Trinajstić information content (AvgIpc) is 3.05. The number of hydrogen-bond donors (Lipinski definition) is 0. The standard InChI is InChI=1S/C18H15Cl2N3O2/c1-11-3-5-12(6-4-11)17-22-21-16(25-17)10-23(2)18(24)14-9-13(19)7-8-15(14)20/h3-9H,10H2,1-2H3. The molecule has 2 aromatic carbocycles. The lowest BCUT2D eigenvalue weighted by atomic mass is 10.1. The number of nitrogens with zero attached hydrogens (tertiary/aromatic N) is 3. The van der Waals surface area contributed by atoms with Crippen LogP contribution in [0.5, 0.6) is 0 Å². The number of aryl methyl sites for hydroxylation is 1. The molecule has 0 spiro atoms. The highest BCUT2D eigenvalue weighted by Gasteiger charge is 2.18. The second-order valence-electron chi connectivity index (χ2n) is 5.65. The minimum absolute atomic E-state index is 0.167. The SMILES string of the molecule is Cc1ccc(-c2nnc(CN(C)C(=O)c3cc(Cl)ccc3Cl)o2)cc1. The molecule has 0 aliphatic heterocycles. The van der Waals surface area contributed by atoms with E-state index in [0.29, 0.717) is 27.4 Å². The van der Waals surface area contributed by atoms with Crippen LogP contribution in [0.3, 0.4) is 0 Å². The maximum Gasteiger partial charge on any atom is 0.255 e. The molecule has 0 saturated heterocycles. The number of benzene rings is 2. The van der Waals surface area contributed by atoms with E-state index in [4.69, 9.17) is 27.6 Å². The fourth-order valence-electron chi connectivity index (χ4n) is 2.27. The second-order valence-corrected chi connectivity index (χ2v) is 6.50. The van der Waals surface area contributed by atoms with Crippen molar-refractivity contribution in [3.05, 3.63) is 69.5 Å². The molecule has 0 radical (unpaired) electrons. The summed E-state index contributed by atoms with van der Waals surface area (Å²) in [6.07, 6.45) is 0. The van der Waals surface area contributed by atoms with Crippen LogP contribution in [0, 0.1) is 6.92 Å². The lowest BCUT2D eigenvalue weighted by Gasteiger charge is -2.15. The van der Waals surface area contributed by atoms with Gasteiger partial charge in [0, 0.05) is 17.6 Å². The van der Waals surface area contributed by atoms with Crippen LogP contribution in [-0.2, 0) is 6.54 Å². The van der Waals surface area contributed by atoms with Gasteiger partial charge in [0.25, 0.3) is 5.91 Å². The van der Waals surface area contributed by atoms with Gasteiger partial charge < -0.3 is 9.32 Å². The van der Waals surface area contributed by atoms with E-state index in [1.807, 2.05) is 31.2 Å². The van der Waals surface area contributed by atoms with Crippen molar-refractivity contribution in [2.45, 2.75) is 13.5 Å². The van der Waals surface area contributed by atoms with Crippen LogP contribution in [-0.4, -0.2) is 28.1 Å². The van der Waals surface area contributed by atoms with E-state index in [1.165, 1.54) is 11.0 Å². The first-order valence-corrected chi connectivity index (χ1v) is 8.29. The second kappa shape index (κ2) is 7.25. The van der Waals surface area contributed by atoms with Crippen LogP contribution < -0.4 is 0 Å². The smallest absolute Gasteiger partial charge is 0.255 e. The van der Waals surface area contributed by atoms with Crippen molar-refractivity contribution < 1.29 is 9.21 Å². The minimum atomic E-state index is -0.275. The summed E-state index contributed by atoms with van der Waals surface area (Å²) in [4.78, 5) is 14.0. The molecule has 0 bridgehead atoms. The molecule has 0 unspecified atom stereocenters. The molecule has 0 aliphatic carbocycles. The molecule has 0 fully saturated rings. The molecule has 0 saturated carbocycles. The number of rotatable bonds is 4. The summed E-state index contributed by atoms with van der Waals surface area (Å²) in [5.41, 5.74) is 2.30. The summed E-state index contributed by atoms with van der Waals surface area (Å²) in [6, 6.07) is 12.5. The Bertz CT molecular complexity index is 907. The van der Waals surface area contributed by atoms with Gasteiger partial charge in [-0.25, -0.2) is 0 Å². The number of carbonyl (C=O) groups is 1. The summed E-state index contributed by atoms with van der Waals surface area (Å²) < 4.78 is 5.65. The molecule has 0 atom stereocenters. The number of carbonyl (C=O) groups excluding carboxylic acids is 1. The molecule has 0 N–H and O–H groups in total. The lowest BCUT2D eigenvalue weighted by molar-refractivity contribution is 0.0773. The quantitative estimate of drug-likeness (QED) is 0.667. The van der Waals surface area contributed by atoms with Gasteiger partial charge >= 0.3 is 0 Å². The van der Waals surface area contributed by atoms with Gasteiger partial charge in [0.05, 0.1) is 17.1 Å². The molecular formula is C18H15Cl2N3O2. The van der Waals surface area contributed by atoms with Gasteiger partial charge in [-0.3, -0.25) is 4.79 Å². The minimum Gasteiger partial charge on any atom is -0.419 e. The van der Waals surface area contributed by atoms with Crippen molar-refractivity contribution in [1.82, 2.24) is 15.1 Å². The Labute approximate surface area is 155 Å². The molecular weight excluding hydrogens is 361 g/mol. The molecule has 5 nitrogen and oxygen atoms in total. The van der Waals surface area contributed by atoms with Crippen LogP contribution in [0.4, 0.5) is 0 Å². The molecule has 0 aliphatic rings. The maximum atomic E-state index is 12.5. The van der Waals surface area contributed by atoms with E-state index in [-0.39, 0.29) is 12.5 Å². The van der Waals surface area contributed by atoms with Crippen LogP contribution in [0.15, 0.2) is 46.9 Å². The summed E-state index contributed by atoms with van der Waals surface area (Å²) in [6.45, 7) is 2.17. The summed E-state index contributed by atoms with van der Waals surface area (Å²) in [5.74, 6) is 0.476. The first-order chi connectivity index (χ1) is 11.9. The Balaban J connectivity index is 1.75. The highest BCUT2D eigenvalue weighted by Crippen LogP contribution is 2.23. The van der Waals surface area contributed by atoms with Crippen molar-refractivity contribution >= 4 is 29.1 Å². The van der Waals surface area contributed by atoms with Crippen molar-refractivity contribution in [2.24, 2.45) is 0 Å². The molecule has 3 rings (SSSR count). The van der Waals surface area contributed by atoms with Crippen molar-refractivity contribution in [3.8, 4) is 11.5 Å². The van der Waals surface area contributed by atoms with Gasteiger partial charge in [-0.05, 0) is 37.3 Å². The molecule has 128 valence electrons. The summed E-state index contributed by atoms with van der Waals surface area (Å²) >= 11 is 12.0. The summed E-state index contributed by atoms with van der Waals surface area (Å²) in [7, 11) is 1.63. The first kappa shape index (κ1) is 17.5. The van der Waals surface area contributed by atoms with E-state index < -0.39 is 0 Å². The van der Waals surface area contributed by atoms with Crippen LogP contribution >= 0.6 is 23.2 Å². The predicted molar refractivity (Wildman–Crippen MR) is 96.7 cm³/mol.